The molecule has 1 amide bonds. The predicted molar refractivity (Wildman–Crippen MR) is 90.1 cm³/mol. The van der Waals surface area contributed by atoms with Crippen molar-refractivity contribution >= 4 is 34.1 Å². The molecule has 0 saturated carbocycles. The lowest BCUT2D eigenvalue weighted by molar-refractivity contribution is -0.113. The Labute approximate surface area is 133 Å². The molecule has 0 radical (unpaired) electrons. The molecule has 1 heterocycles. The summed E-state index contributed by atoms with van der Waals surface area (Å²) in [6, 6.07) is 8.44. The third kappa shape index (κ3) is 3.86. The topological polar surface area (TPSA) is 42.0 Å². The zero-order valence-corrected chi connectivity index (χ0v) is 13.6. The van der Waals surface area contributed by atoms with Crippen LogP contribution in [-0.2, 0) is 23.4 Å². The summed E-state index contributed by atoms with van der Waals surface area (Å²) >= 11 is 3.26. The Morgan fingerprint density at radius 3 is 2.90 bits per heavy atom. The van der Waals surface area contributed by atoms with Crippen LogP contribution < -0.4 is 5.32 Å². The quantitative estimate of drug-likeness (QED) is 0.911. The van der Waals surface area contributed by atoms with Crippen molar-refractivity contribution in [2.24, 2.45) is 0 Å². The lowest BCUT2D eigenvalue weighted by Gasteiger charge is -2.03. The van der Waals surface area contributed by atoms with E-state index in [2.05, 4.69) is 41.5 Å². The van der Waals surface area contributed by atoms with E-state index in [0.717, 1.165) is 23.7 Å². The molecular weight excluding hydrogens is 300 g/mol. The Hall–Kier alpha value is -1.33. The summed E-state index contributed by atoms with van der Waals surface area (Å²) in [5.41, 5.74) is 3.70. The number of hydrogen-bond acceptors (Lipinski definition) is 4. The van der Waals surface area contributed by atoms with Gasteiger partial charge in [0.05, 0.1) is 11.4 Å². The lowest BCUT2D eigenvalue weighted by atomic mass is 10.2. The zero-order valence-electron chi connectivity index (χ0n) is 12.0. The second kappa shape index (κ2) is 6.62. The van der Waals surface area contributed by atoms with Gasteiger partial charge in [0.25, 0.3) is 0 Å². The molecule has 0 unspecified atom stereocenters. The van der Waals surface area contributed by atoms with Gasteiger partial charge in [0, 0.05) is 10.6 Å². The van der Waals surface area contributed by atoms with E-state index in [-0.39, 0.29) is 5.91 Å². The molecule has 0 spiro atoms. The van der Waals surface area contributed by atoms with Gasteiger partial charge >= 0.3 is 0 Å². The van der Waals surface area contributed by atoms with E-state index in [9.17, 15) is 4.79 Å². The summed E-state index contributed by atoms with van der Waals surface area (Å²) in [6.07, 6.45) is 3.38. The van der Waals surface area contributed by atoms with E-state index < -0.39 is 0 Å². The number of thioether (sulfide) groups is 1. The van der Waals surface area contributed by atoms with Gasteiger partial charge in [-0.3, -0.25) is 4.79 Å². The molecule has 1 aromatic carbocycles. The maximum Gasteiger partial charge on any atom is 0.236 e. The van der Waals surface area contributed by atoms with Crippen molar-refractivity contribution in [3.8, 4) is 0 Å². The molecule has 0 bridgehead atoms. The summed E-state index contributed by atoms with van der Waals surface area (Å²) in [5.74, 6) is 1.37. The van der Waals surface area contributed by atoms with Gasteiger partial charge in [0.2, 0.25) is 5.91 Å². The highest BCUT2D eigenvalue weighted by Gasteiger charge is 2.17. The highest BCUT2D eigenvalue weighted by atomic mass is 32.2. The number of anilines is 1. The van der Waals surface area contributed by atoms with Gasteiger partial charge in [-0.05, 0) is 31.7 Å². The lowest BCUT2D eigenvalue weighted by Crippen LogP contribution is -2.14. The number of aromatic nitrogens is 1. The summed E-state index contributed by atoms with van der Waals surface area (Å²) < 4.78 is 0. The molecule has 1 aliphatic rings. The Bertz CT molecular complexity index is 613. The smallest absolute Gasteiger partial charge is 0.236 e. The molecule has 21 heavy (non-hydrogen) atoms. The minimum atomic E-state index is 0.0412. The number of benzene rings is 1. The standard InChI is InChI=1S/C16H18N2OS2/c1-11-5-7-12(8-6-11)9-20-10-15(19)18-16-17-13-3-2-4-14(13)21-16/h5-8H,2-4,9-10H2,1H3,(H,17,18,19). The molecule has 0 atom stereocenters. The van der Waals surface area contributed by atoms with E-state index in [1.807, 2.05) is 0 Å². The highest BCUT2D eigenvalue weighted by molar-refractivity contribution is 7.99. The molecule has 0 aliphatic heterocycles. The zero-order chi connectivity index (χ0) is 14.7. The number of nitrogens with zero attached hydrogens (tertiary/aromatic N) is 1. The number of carbonyl (C=O) groups excluding carboxylic acids is 1. The third-order valence-electron chi connectivity index (χ3n) is 3.46. The molecule has 0 saturated heterocycles. The van der Waals surface area contributed by atoms with Gasteiger partial charge in [-0.2, -0.15) is 0 Å². The molecule has 1 aromatic heterocycles. The van der Waals surface area contributed by atoms with Crippen LogP contribution in [-0.4, -0.2) is 16.6 Å². The fraction of sp³-hybridized carbons (Fsp3) is 0.375. The maximum atomic E-state index is 11.9. The van der Waals surface area contributed by atoms with Gasteiger partial charge in [0.1, 0.15) is 0 Å². The van der Waals surface area contributed by atoms with Crippen molar-refractivity contribution in [3.63, 3.8) is 0 Å². The average molecular weight is 318 g/mol. The molecule has 1 N–H and O–H groups in total. The van der Waals surface area contributed by atoms with Crippen molar-refractivity contribution in [1.29, 1.82) is 0 Å². The Morgan fingerprint density at radius 2 is 2.14 bits per heavy atom. The van der Waals surface area contributed by atoms with Gasteiger partial charge in [-0.15, -0.1) is 23.1 Å². The molecule has 1 aliphatic carbocycles. The molecule has 0 fully saturated rings. The first-order valence-electron chi connectivity index (χ1n) is 7.12. The molecule has 110 valence electrons. The van der Waals surface area contributed by atoms with Crippen molar-refractivity contribution in [1.82, 2.24) is 4.98 Å². The van der Waals surface area contributed by atoms with E-state index in [4.69, 9.17) is 0 Å². The number of fused-ring (bicyclic) bond motifs is 1. The predicted octanol–water partition coefficient (Wildman–Crippen LogP) is 3.81. The summed E-state index contributed by atoms with van der Waals surface area (Å²) in [5, 5.41) is 3.68. The monoisotopic (exact) mass is 318 g/mol. The van der Waals surface area contributed by atoms with Crippen molar-refractivity contribution < 1.29 is 4.79 Å². The first-order chi connectivity index (χ1) is 10.2. The van der Waals surface area contributed by atoms with Crippen LogP contribution in [0.2, 0.25) is 0 Å². The molecule has 3 nitrogen and oxygen atoms in total. The third-order valence-corrected chi connectivity index (χ3v) is 5.54. The number of rotatable bonds is 5. The maximum absolute atomic E-state index is 11.9. The number of amides is 1. The normalized spacial score (nSPS) is 13.2. The first-order valence-corrected chi connectivity index (χ1v) is 9.09. The largest absolute Gasteiger partial charge is 0.301 e. The van der Waals surface area contributed by atoms with Gasteiger partial charge < -0.3 is 5.32 Å². The second-order valence-electron chi connectivity index (χ2n) is 5.27. The van der Waals surface area contributed by atoms with Crippen LogP contribution in [0.3, 0.4) is 0 Å². The van der Waals surface area contributed by atoms with Crippen LogP contribution in [0.1, 0.15) is 28.1 Å². The van der Waals surface area contributed by atoms with Gasteiger partial charge in [-0.1, -0.05) is 29.8 Å². The molecular formula is C16H18N2OS2. The Morgan fingerprint density at radius 1 is 1.33 bits per heavy atom. The SMILES string of the molecule is Cc1ccc(CSCC(=O)Nc2nc3c(s2)CCC3)cc1. The first kappa shape index (κ1) is 14.6. The van der Waals surface area contributed by atoms with E-state index in [1.165, 1.54) is 28.1 Å². The van der Waals surface area contributed by atoms with Crippen LogP contribution in [0, 0.1) is 6.92 Å². The number of thiazole rings is 1. The Balaban J connectivity index is 1.44. The minimum Gasteiger partial charge on any atom is -0.301 e. The van der Waals surface area contributed by atoms with Crippen LogP contribution in [0.15, 0.2) is 24.3 Å². The number of carbonyl (C=O) groups is 1. The number of hydrogen-bond donors (Lipinski definition) is 1. The van der Waals surface area contributed by atoms with E-state index >= 15 is 0 Å². The van der Waals surface area contributed by atoms with Crippen LogP contribution >= 0.6 is 23.1 Å². The molecule has 3 rings (SSSR count). The van der Waals surface area contributed by atoms with Crippen LogP contribution in [0.4, 0.5) is 5.13 Å². The van der Waals surface area contributed by atoms with Crippen LogP contribution in [0.5, 0.6) is 0 Å². The van der Waals surface area contributed by atoms with E-state index in [1.54, 1.807) is 23.1 Å². The second-order valence-corrected chi connectivity index (χ2v) is 7.34. The number of aryl methyl sites for hydroxylation is 3. The van der Waals surface area contributed by atoms with Crippen molar-refractivity contribution in [3.05, 3.63) is 46.0 Å². The van der Waals surface area contributed by atoms with Gasteiger partial charge in [-0.25, -0.2) is 4.98 Å². The summed E-state index contributed by atoms with van der Waals surface area (Å²) in [7, 11) is 0. The number of nitrogens with one attached hydrogen (secondary N) is 1. The van der Waals surface area contributed by atoms with Crippen molar-refractivity contribution in [2.45, 2.75) is 31.9 Å². The van der Waals surface area contributed by atoms with Gasteiger partial charge in [0.15, 0.2) is 5.13 Å². The minimum absolute atomic E-state index is 0.0412. The summed E-state index contributed by atoms with van der Waals surface area (Å²) in [4.78, 5) is 17.7. The molecule has 5 heteroatoms. The summed E-state index contributed by atoms with van der Waals surface area (Å²) in [6.45, 7) is 2.08. The van der Waals surface area contributed by atoms with Crippen molar-refractivity contribution in [2.75, 3.05) is 11.1 Å². The van der Waals surface area contributed by atoms with E-state index in [0.29, 0.717) is 5.75 Å². The fourth-order valence-electron chi connectivity index (χ4n) is 2.35. The Kier molecular flexibility index (Phi) is 4.60. The van der Waals surface area contributed by atoms with Crippen LogP contribution in [0.25, 0.3) is 0 Å². The average Bonchev–Trinajstić information content (AvgIpc) is 3.02. The molecule has 2 aromatic rings. The fourth-order valence-corrected chi connectivity index (χ4v) is 4.20. The highest BCUT2D eigenvalue weighted by Crippen LogP contribution is 2.30.